The fraction of sp³-hybridized carbons (Fsp3) is 0.467. The Kier molecular flexibility index (Phi) is 3.81. The molecule has 0 radical (unpaired) electrons. The number of halogens is 1. The Bertz CT molecular complexity index is 527. The highest BCUT2D eigenvalue weighted by Crippen LogP contribution is 2.47. The first-order chi connectivity index (χ1) is 8.84. The number of carbonyl (C=O) groups excluding carboxylic acids is 2. The molecule has 1 N–H and O–H groups in total. The molecule has 102 valence electrons. The SMILES string of the molecule is CC(C)C1(C)CC(=O)NC(=O)C1c1cccc(Br)c1. The first-order valence-corrected chi connectivity index (χ1v) is 7.23. The van der Waals surface area contributed by atoms with Gasteiger partial charge in [-0.15, -0.1) is 0 Å². The molecule has 0 bridgehead atoms. The van der Waals surface area contributed by atoms with E-state index < -0.39 is 0 Å². The fourth-order valence-electron chi connectivity index (χ4n) is 2.76. The molecule has 2 amide bonds. The van der Waals surface area contributed by atoms with Crippen LogP contribution in [-0.4, -0.2) is 11.8 Å². The van der Waals surface area contributed by atoms with Gasteiger partial charge in [-0.1, -0.05) is 48.8 Å². The molecule has 1 aliphatic rings. The number of benzene rings is 1. The number of nitrogens with one attached hydrogen (secondary N) is 1. The minimum atomic E-state index is -0.347. The summed E-state index contributed by atoms with van der Waals surface area (Å²) in [6, 6.07) is 7.76. The number of carbonyl (C=O) groups is 2. The van der Waals surface area contributed by atoms with Crippen molar-refractivity contribution in [1.29, 1.82) is 0 Å². The van der Waals surface area contributed by atoms with Gasteiger partial charge >= 0.3 is 0 Å². The van der Waals surface area contributed by atoms with Gasteiger partial charge in [0.25, 0.3) is 0 Å². The Morgan fingerprint density at radius 1 is 1.37 bits per heavy atom. The molecule has 2 unspecified atom stereocenters. The topological polar surface area (TPSA) is 46.2 Å². The number of rotatable bonds is 2. The summed E-state index contributed by atoms with van der Waals surface area (Å²) >= 11 is 3.44. The van der Waals surface area contributed by atoms with Gasteiger partial charge in [-0.25, -0.2) is 0 Å². The third-order valence-electron chi connectivity index (χ3n) is 4.23. The van der Waals surface area contributed by atoms with E-state index in [4.69, 9.17) is 0 Å². The third kappa shape index (κ3) is 2.59. The maximum absolute atomic E-state index is 12.3. The minimum absolute atomic E-state index is 0.174. The minimum Gasteiger partial charge on any atom is -0.296 e. The number of piperidine rings is 1. The predicted octanol–water partition coefficient (Wildman–Crippen LogP) is 3.24. The van der Waals surface area contributed by atoms with Crippen molar-refractivity contribution in [2.45, 2.75) is 33.1 Å². The average Bonchev–Trinajstić information content (AvgIpc) is 2.27. The third-order valence-corrected chi connectivity index (χ3v) is 4.72. The summed E-state index contributed by atoms with van der Waals surface area (Å²) in [6.07, 6.45) is 0.383. The van der Waals surface area contributed by atoms with Crippen molar-refractivity contribution >= 4 is 27.7 Å². The maximum atomic E-state index is 12.3. The van der Waals surface area contributed by atoms with E-state index in [1.54, 1.807) is 0 Å². The molecule has 4 heteroatoms. The van der Waals surface area contributed by atoms with Crippen molar-refractivity contribution in [3.05, 3.63) is 34.3 Å². The molecule has 2 atom stereocenters. The lowest BCUT2D eigenvalue weighted by atomic mass is 9.62. The number of imide groups is 1. The Hall–Kier alpha value is -1.16. The van der Waals surface area contributed by atoms with Crippen LogP contribution in [0.25, 0.3) is 0 Å². The lowest BCUT2D eigenvalue weighted by Crippen LogP contribution is -2.51. The van der Waals surface area contributed by atoms with Crippen LogP contribution >= 0.6 is 15.9 Å². The summed E-state index contributed by atoms with van der Waals surface area (Å²) in [7, 11) is 0. The van der Waals surface area contributed by atoms with E-state index in [9.17, 15) is 9.59 Å². The van der Waals surface area contributed by atoms with Crippen LogP contribution < -0.4 is 5.32 Å². The van der Waals surface area contributed by atoms with Crippen molar-refractivity contribution in [2.24, 2.45) is 11.3 Å². The molecule has 19 heavy (non-hydrogen) atoms. The van der Waals surface area contributed by atoms with E-state index in [0.717, 1.165) is 10.0 Å². The van der Waals surface area contributed by atoms with E-state index in [2.05, 4.69) is 35.1 Å². The molecule has 0 aliphatic carbocycles. The van der Waals surface area contributed by atoms with Gasteiger partial charge in [0.2, 0.25) is 11.8 Å². The molecular weight excluding hydrogens is 306 g/mol. The van der Waals surface area contributed by atoms with Crippen molar-refractivity contribution in [1.82, 2.24) is 5.32 Å². The summed E-state index contributed by atoms with van der Waals surface area (Å²) in [6.45, 7) is 6.16. The van der Waals surface area contributed by atoms with E-state index in [1.165, 1.54) is 0 Å². The number of hydrogen-bond acceptors (Lipinski definition) is 2. The Balaban J connectivity index is 2.50. The van der Waals surface area contributed by atoms with Gasteiger partial charge in [-0.3, -0.25) is 14.9 Å². The number of hydrogen-bond donors (Lipinski definition) is 1. The van der Waals surface area contributed by atoms with Crippen molar-refractivity contribution in [2.75, 3.05) is 0 Å². The Morgan fingerprint density at radius 2 is 2.05 bits per heavy atom. The monoisotopic (exact) mass is 323 g/mol. The fourth-order valence-corrected chi connectivity index (χ4v) is 3.17. The van der Waals surface area contributed by atoms with Gasteiger partial charge < -0.3 is 0 Å². The van der Waals surface area contributed by atoms with E-state index in [-0.39, 0.29) is 29.1 Å². The van der Waals surface area contributed by atoms with E-state index in [0.29, 0.717) is 6.42 Å². The van der Waals surface area contributed by atoms with E-state index in [1.807, 2.05) is 31.2 Å². The van der Waals surface area contributed by atoms with Gasteiger partial charge in [0.05, 0.1) is 5.92 Å². The lowest BCUT2D eigenvalue weighted by molar-refractivity contribution is -0.141. The van der Waals surface area contributed by atoms with Gasteiger partial charge in [0.1, 0.15) is 0 Å². The first kappa shape index (κ1) is 14.3. The molecule has 0 saturated carbocycles. The number of amides is 2. The normalized spacial score (nSPS) is 27.5. The average molecular weight is 324 g/mol. The molecule has 3 nitrogen and oxygen atoms in total. The van der Waals surface area contributed by atoms with Crippen molar-refractivity contribution in [3.8, 4) is 0 Å². The summed E-state index contributed by atoms with van der Waals surface area (Å²) < 4.78 is 0.945. The second-order valence-electron chi connectivity index (χ2n) is 5.74. The van der Waals surface area contributed by atoms with Crippen LogP contribution in [0.5, 0.6) is 0 Å². The summed E-state index contributed by atoms with van der Waals surface area (Å²) in [5, 5.41) is 2.46. The second kappa shape index (κ2) is 5.08. The molecule has 1 saturated heterocycles. The van der Waals surface area contributed by atoms with Crippen LogP contribution in [0.15, 0.2) is 28.7 Å². The van der Waals surface area contributed by atoms with Gasteiger partial charge in [-0.05, 0) is 29.0 Å². The summed E-state index contributed by atoms with van der Waals surface area (Å²) in [5.41, 5.74) is 0.607. The van der Waals surface area contributed by atoms with Crippen LogP contribution in [0.4, 0.5) is 0 Å². The summed E-state index contributed by atoms with van der Waals surface area (Å²) in [4.78, 5) is 24.0. The quantitative estimate of drug-likeness (QED) is 0.849. The smallest absolute Gasteiger partial charge is 0.234 e. The van der Waals surface area contributed by atoms with Gasteiger partial charge in [0, 0.05) is 10.9 Å². The molecule has 0 spiro atoms. The van der Waals surface area contributed by atoms with Crippen molar-refractivity contribution < 1.29 is 9.59 Å². The van der Waals surface area contributed by atoms with Crippen LogP contribution in [0.2, 0.25) is 0 Å². The zero-order valence-electron chi connectivity index (χ0n) is 11.4. The van der Waals surface area contributed by atoms with Crippen LogP contribution in [0.3, 0.4) is 0 Å². The van der Waals surface area contributed by atoms with Crippen molar-refractivity contribution in [3.63, 3.8) is 0 Å². The molecule has 1 aliphatic heterocycles. The van der Waals surface area contributed by atoms with Gasteiger partial charge in [0.15, 0.2) is 0 Å². The lowest BCUT2D eigenvalue weighted by Gasteiger charge is -2.43. The molecule has 1 fully saturated rings. The molecule has 0 aromatic heterocycles. The first-order valence-electron chi connectivity index (χ1n) is 6.44. The van der Waals surface area contributed by atoms with Crippen LogP contribution in [0, 0.1) is 11.3 Å². The zero-order valence-corrected chi connectivity index (χ0v) is 13.0. The molecular formula is C15H18BrNO2. The molecule has 1 aromatic rings. The molecule has 1 aromatic carbocycles. The zero-order chi connectivity index (χ0) is 14.2. The Labute approximate surface area is 121 Å². The molecule has 1 heterocycles. The highest BCUT2D eigenvalue weighted by molar-refractivity contribution is 9.10. The van der Waals surface area contributed by atoms with E-state index >= 15 is 0 Å². The van der Waals surface area contributed by atoms with Gasteiger partial charge in [-0.2, -0.15) is 0 Å². The standard InChI is InChI=1S/C15H18BrNO2/c1-9(2)15(3)8-12(18)17-14(19)13(15)10-5-4-6-11(16)7-10/h4-7,9,13H,8H2,1-3H3,(H,17,18,19). The Morgan fingerprint density at radius 3 is 2.63 bits per heavy atom. The predicted molar refractivity (Wildman–Crippen MR) is 77.6 cm³/mol. The van der Waals surface area contributed by atoms with Crippen LogP contribution in [0.1, 0.15) is 38.7 Å². The maximum Gasteiger partial charge on any atom is 0.234 e. The summed E-state index contributed by atoms with van der Waals surface area (Å²) in [5.74, 6) is -0.410. The van der Waals surface area contributed by atoms with Crippen LogP contribution in [-0.2, 0) is 9.59 Å². The second-order valence-corrected chi connectivity index (χ2v) is 6.65. The molecule has 2 rings (SSSR count). The largest absolute Gasteiger partial charge is 0.296 e. The highest BCUT2D eigenvalue weighted by Gasteiger charge is 2.47. The highest BCUT2D eigenvalue weighted by atomic mass is 79.9.